The summed E-state index contributed by atoms with van der Waals surface area (Å²) in [6, 6.07) is 0. The number of hydrogen-bond donors (Lipinski definition) is 1. The van der Waals surface area contributed by atoms with Crippen LogP contribution >= 0.6 is 23.6 Å². The van der Waals surface area contributed by atoms with Crippen LogP contribution < -0.4 is 0 Å². The van der Waals surface area contributed by atoms with E-state index < -0.39 is 0 Å². The minimum atomic E-state index is 0.388. The van der Waals surface area contributed by atoms with Crippen molar-refractivity contribution in [3.05, 3.63) is 20.6 Å². The molecule has 2 aromatic rings. The first-order valence-electron chi connectivity index (χ1n) is 8.52. The summed E-state index contributed by atoms with van der Waals surface area (Å²) >= 11 is 7.34. The predicted molar refractivity (Wildman–Crippen MR) is 101 cm³/mol. The zero-order valence-corrected chi connectivity index (χ0v) is 16.4. The zero-order valence-electron chi connectivity index (χ0n) is 14.8. The average Bonchev–Trinajstić information content (AvgIpc) is 3.01. The topological polar surface area (TPSA) is 33.6 Å². The van der Waals surface area contributed by atoms with Crippen LogP contribution in [-0.4, -0.2) is 14.8 Å². The molecule has 0 amide bonds. The fraction of sp³-hybridized carbons (Fsp3) is 0.667. The maximum Gasteiger partial charge on any atom is 0.195 e. The van der Waals surface area contributed by atoms with Crippen molar-refractivity contribution in [3.63, 3.8) is 0 Å². The van der Waals surface area contributed by atoms with Gasteiger partial charge in [0, 0.05) is 22.4 Å². The SMILES string of the molecule is CC(C)Cn1c(-c2csc3c2CC[C@@H](C(C)(C)C)C3)n[nH]c1=S. The van der Waals surface area contributed by atoms with Gasteiger partial charge >= 0.3 is 0 Å². The van der Waals surface area contributed by atoms with Crippen LogP contribution in [0.5, 0.6) is 0 Å². The van der Waals surface area contributed by atoms with Crippen molar-refractivity contribution >= 4 is 23.6 Å². The number of aromatic amines is 1. The summed E-state index contributed by atoms with van der Waals surface area (Å²) in [7, 11) is 0. The fourth-order valence-electron chi connectivity index (χ4n) is 3.50. The molecule has 126 valence electrons. The molecule has 0 unspecified atom stereocenters. The van der Waals surface area contributed by atoms with E-state index in [0.29, 0.717) is 11.3 Å². The number of aromatic nitrogens is 3. The molecule has 0 bridgehead atoms. The monoisotopic (exact) mass is 349 g/mol. The maximum atomic E-state index is 5.44. The number of nitrogens with one attached hydrogen (secondary N) is 1. The number of nitrogens with zero attached hydrogens (tertiary/aromatic N) is 2. The minimum absolute atomic E-state index is 0.388. The third-order valence-electron chi connectivity index (χ3n) is 4.93. The van der Waals surface area contributed by atoms with Gasteiger partial charge in [-0.3, -0.25) is 9.67 Å². The molecule has 1 N–H and O–H groups in total. The van der Waals surface area contributed by atoms with Crippen molar-refractivity contribution in [1.29, 1.82) is 0 Å². The second-order valence-corrected chi connectivity index (χ2v) is 9.56. The Bertz CT molecular complexity index is 743. The molecule has 1 aliphatic carbocycles. The number of hydrogen-bond acceptors (Lipinski definition) is 3. The summed E-state index contributed by atoms with van der Waals surface area (Å²) in [6.45, 7) is 12.5. The Morgan fingerprint density at radius 1 is 1.43 bits per heavy atom. The molecule has 0 aliphatic heterocycles. The summed E-state index contributed by atoms with van der Waals surface area (Å²) in [5.74, 6) is 2.35. The largest absolute Gasteiger partial charge is 0.300 e. The predicted octanol–water partition coefficient (Wildman–Crippen LogP) is 5.48. The van der Waals surface area contributed by atoms with E-state index in [0.717, 1.165) is 29.5 Å². The van der Waals surface area contributed by atoms with Gasteiger partial charge in [-0.25, -0.2) is 0 Å². The number of H-pyrrole nitrogens is 1. The smallest absolute Gasteiger partial charge is 0.195 e. The van der Waals surface area contributed by atoms with Gasteiger partial charge in [0.05, 0.1) is 0 Å². The highest BCUT2D eigenvalue weighted by molar-refractivity contribution is 7.71. The summed E-state index contributed by atoms with van der Waals surface area (Å²) in [4.78, 5) is 1.55. The van der Waals surface area contributed by atoms with E-state index in [9.17, 15) is 0 Å². The number of thiophene rings is 1. The number of rotatable bonds is 3. The molecule has 23 heavy (non-hydrogen) atoms. The summed E-state index contributed by atoms with van der Waals surface area (Å²) in [5, 5.41) is 9.82. The van der Waals surface area contributed by atoms with Crippen molar-refractivity contribution in [2.24, 2.45) is 17.3 Å². The van der Waals surface area contributed by atoms with Crippen LogP contribution in [0.2, 0.25) is 0 Å². The Morgan fingerprint density at radius 2 is 2.17 bits per heavy atom. The second-order valence-electron chi connectivity index (χ2n) is 8.21. The van der Waals surface area contributed by atoms with Gasteiger partial charge in [-0.2, -0.15) is 5.10 Å². The fourth-order valence-corrected chi connectivity index (χ4v) is 4.86. The van der Waals surface area contributed by atoms with Gasteiger partial charge in [0.2, 0.25) is 0 Å². The molecule has 2 aromatic heterocycles. The van der Waals surface area contributed by atoms with Gasteiger partial charge in [0.1, 0.15) is 0 Å². The molecule has 0 saturated carbocycles. The highest BCUT2D eigenvalue weighted by atomic mass is 32.1. The summed E-state index contributed by atoms with van der Waals surface area (Å²) in [6.07, 6.45) is 3.64. The maximum absolute atomic E-state index is 5.44. The van der Waals surface area contributed by atoms with Gasteiger partial charge in [-0.1, -0.05) is 34.6 Å². The van der Waals surface area contributed by atoms with Gasteiger partial charge in [0.15, 0.2) is 10.6 Å². The molecule has 0 aromatic carbocycles. The lowest BCUT2D eigenvalue weighted by Crippen LogP contribution is -2.26. The van der Waals surface area contributed by atoms with Crippen LogP contribution in [0.4, 0.5) is 0 Å². The molecular weight excluding hydrogens is 322 g/mol. The van der Waals surface area contributed by atoms with E-state index in [1.54, 1.807) is 4.88 Å². The van der Waals surface area contributed by atoms with E-state index in [2.05, 4.69) is 54.8 Å². The van der Waals surface area contributed by atoms with E-state index in [1.807, 2.05) is 11.3 Å². The van der Waals surface area contributed by atoms with Crippen molar-refractivity contribution in [2.45, 2.75) is 60.4 Å². The highest BCUT2D eigenvalue weighted by Crippen LogP contribution is 2.42. The molecular formula is C18H27N3S2. The van der Waals surface area contributed by atoms with Crippen LogP contribution in [-0.2, 0) is 19.4 Å². The van der Waals surface area contributed by atoms with Gasteiger partial charge in [-0.05, 0) is 54.3 Å². The molecule has 0 fully saturated rings. The minimum Gasteiger partial charge on any atom is -0.300 e. The van der Waals surface area contributed by atoms with E-state index >= 15 is 0 Å². The van der Waals surface area contributed by atoms with Crippen LogP contribution in [0.15, 0.2) is 5.38 Å². The first-order chi connectivity index (χ1) is 10.8. The van der Waals surface area contributed by atoms with Crippen molar-refractivity contribution in [2.75, 3.05) is 0 Å². The van der Waals surface area contributed by atoms with Crippen LogP contribution in [0, 0.1) is 22.0 Å². The molecule has 1 atom stereocenters. The molecule has 0 saturated heterocycles. The van der Waals surface area contributed by atoms with Gasteiger partial charge in [-0.15, -0.1) is 11.3 Å². The zero-order chi connectivity index (χ0) is 16.8. The number of fused-ring (bicyclic) bond motifs is 1. The standard InChI is InChI=1S/C18H27N3S2/c1-11(2)9-21-16(19-20-17(21)22)14-10-23-15-8-12(18(3,4)5)6-7-13(14)15/h10-12H,6-9H2,1-5H3,(H,20,22)/t12-/m1/s1. The molecule has 3 rings (SSSR count). The normalized spacial score (nSPS) is 18.4. The molecule has 3 nitrogen and oxygen atoms in total. The molecule has 0 spiro atoms. The van der Waals surface area contributed by atoms with E-state index in [-0.39, 0.29) is 0 Å². The van der Waals surface area contributed by atoms with Gasteiger partial charge in [0.25, 0.3) is 0 Å². The quantitative estimate of drug-likeness (QED) is 0.745. The molecule has 1 aliphatic rings. The van der Waals surface area contributed by atoms with Crippen molar-refractivity contribution in [3.8, 4) is 11.4 Å². The Hall–Kier alpha value is -0.940. The molecule has 5 heteroatoms. The highest BCUT2D eigenvalue weighted by Gasteiger charge is 2.31. The molecule has 2 heterocycles. The van der Waals surface area contributed by atoms with E-state index in [1.165, 1.54) is 24.0 Å². The van der Waals surface area contributed by atoms with Gasteiger partial charge < -0.3 is 0 Å². The lowest BCUT2D eigenvalue weighted by atomic mass is 9.72. The Kier molecular flexibility index (Phi) is 4.53. The Balaban J connectivity index is 1.96. The average molecular weight is 350 g/mol. The summed E-state index contributed by atoms with van der Waals surface area (Å²) in [5.41, 5.74) is 3.19. The van der Waals surface area contributed by atoms with Crippen LogP contribution in [0.3, 0.4) is 0 Å². The Labute approximate surface area is 148 Å². The first-order valence-corrected chi connectivity index (χ1v) is 9.81. The Morgan fingerprint density at radius 3 is 2.83 bits per heavy atom. The first kappa shape index (κ1) is 16.9. The molecule has 0 radical (unpaired) electrons. The van der Waals surface area contributed by atoms with Crippen molar-refractivity contribution in [1.82, 2.24) is 14.8 Å². The van der Waals surface area contributed by atoms with Crippen molar-refractivity contribution < 1.29 is 0 Å². The third kappa shape index (κ3) is 3.31. The third-order valence-corrected chi connectivity index (χ3v) is 6.29. The summed E-state index contributed by atoms with van der Waals surface area (Å²) < 4.78 is 2.90. The van der Waals surface area contributed by atoms with Crippen LogP contribution in [0.1, 0.15) is 51.5 Å². The van der Waals surface area contributed by atoms with Crippen LogP contribution in [0.25, 0.3) is 11.4 Å². The lowest BCUT2D eigenvalue weighted by molar-refractivity contribution is 0.218. The lowest BCUT2D eigenvalue weighted by Gasteiger charge is -2.34. The second kappa shape index (κ2) is 6.17. The van der Waals surface area contributed by atoms with E-state index in [4.69, 9.17) is 12.2 Å².